The van der Waals surface area contributed by atoms with Crippen molar-refractivity contribution in [3.8, 4) is 0 Å². The second-order valence-electron chi connectivity index (χ2n) is 9.13. The summed E-state index contributed by atoms with van der Waals surface area (Å²) < 4.78 is 39.0. The van der Waals surface area contributed by atoms with Gasteiger partial charge < -0.3 is 14.6 Å². The van der Waals surface area contributed by atoms with Crippen LogP contribution in [-0.4, -0.2) is 81.2 Å². The van der Waals surface area contributed by atoms with Crippen LogP contribution in [0, 0.1) is 19.8 Å². The smallest absolute Gasteiger partial charge is 0.248 e. The van der Waals surface area contributed by atoms with E-state index in [-0.39, 0.29) is 35.6 Å². The summed E-state index contributed by atoms with van der Waals surface area (Å²) in [6.45, 7) is 8.84. The molecule has 2 saturated heterocycles. The Hall–Kier alpha value is -2.53. The van der Waals surface area contributed by atoms with Gasteiger partial charge in [-0.15, -0.1) is 0 Å². The highest BCUT2D eigenvalue weighted by molar-refractivity contribution is 7.89. The number of aromatic nitrogens is 1. The topological polar surface area (TPSA) is 105 Å². The van der Waals surface area contributed by atoms with Gasteiger partial charge in [0.25, 0.3) is 0 Å². The fraction of sp³-hybridized carbons (Fsp3) is 0.520. The fourth-order valence-electron chi connectivity index (χ4n) is 4.44. The van der Waals surface area contributed by atoms with Crippen molar-refractivity contribution in [1.82, 2.24) is 19.7 Å². The van der Waals surface area contributed by atoms with Crippen LogP contribution in [0.1, 0.15) is 35.4 Å². The fourth-order valence-corrected chi connectivity index (χ4v) is 6.16. The molecule has 0 spiro atoms. The minimum atomic E-state index is -3.80. The van der Waals surface area contributed by atoms with E-state index in [1.54, 1.807) is 13.0 Å². The van der Waals surface area contributed by atoms with E-state index in [1.807, 2.05) is 37.3 Å². The van der Waals surface area contributed by atoms with Crippen molar-refractivity contribution in [2.24, 2.45) is 5.92 Å². The Kier molecular flexibility index (Phi) is 8.38. The van der Waals surface area contributed by atoms with E-state index in [0.717, 1.165) is 44.0 Å². The van der Waals surface area contributed by atoms with Gasteiger partial charge in [0.15, 0.2) is 10.7 Å². The van der Waals surface area contributed by atoms with Crippen LogP contribution in [0.3, 0.4) is 0 Å². The molecule has 35 heavy (non-hydrogen) atoms. The van der Waals surface area contributed by atoms with Crippen molar-refractivity contribution < 1.29 is 22.5 Å². The molecule has 1 aromatic carbocycles. The predicted molar refractivity (Wildman–Crippen MR) is 133 cm³/mol. The number of nitrogens with zero attached hydrogens (tertiary/aromatic N) is 3. The normalized spacial score (nSPS) is 18.8. The molecule has 0 bridgehead atoms. The molecule has 4 rings (SSSR count). The van der Waals surface area contributed by atoms with Crippen LogP contribution in [0.2, 0.25) is 0 Å². The second-order valence-corrected chi connectivity index (χ2v) is 11.0. The van der Waals surface area contributed by atoms with Crippen LogP contribution in [0.15, 0.2) is 33.7 Å². The molecule has 0 saturated carbocycles. The lowest BCUT2D eigenvalue weighted by atomic mass is 9.97. The van der Waals surface area contributed by atoms with Gasteiger partial charge in [-0.25, -0.2) is 8.42 Å². The van der Waals surface area contributed by atoms with Crippen LogP contribution in [0.25, 0.3) is 12.2 Å². The minimum absolute atomic E-state index is 0.00168. The Labute approximate surface area is 207 Å². The number of carbonyl (C=O) groups excluding carboxylic acids is 1. The molecule has 2 aliphatic rings. The molecule has 2 aliphatic heterocycles. The molecule has 190 valence electrons. The van der Waals surface area contributed by atoms with Gasteiger partial charge in [-0.3, -0.25) is 9.69 Å². The number of rotatable bonds is 8. The average Bonchev–Trinajstić information content (AvgIpc) is 3.25. The van der Waals surface area contributed by atoms with Gasteiger partial charge in [0.05, 0.1) is 13.2 Å². The summed E-state index contributed by atoms with van der Waals surface area (Å²) in [6.07, 6.45) is 4.43. The van der Waals surface area contributed by atoms with Crippen LogP contribution >= 0.6 is 0 Å². The maximum atomic E-state index is 13.4. The maximum absolute atomic E-state index is 13.4. The summed E-state index contributed by atoms with van der Waals surface area (Å²) >= 11 is 0. The van der Waals surface area contributed by atoms with Gasteiger partial charge in [-0.05, 0) is 38.3 Å². The zero-order chi connectivity index (χ0) is 24.8. The third-order valence-corrected chi connectivity index (χ3v) is 8.65. The van der Waals surface area contributed by atoms with E-state index in [4.69, 9.17) is 9.26 Å². The summed E-state index contributed by atoms with van der Waals surface area (Å²) in [5, 5.41) is 6.92. The van der Waals surface area contributed by atoms with Crippen LogP contribution in [-0.2, 0) is 19.6 Å². The molecular weight excluding hydrogens is 468 g/mol. The summed E-state index contributed by atoms with van der Waals surface area (Å²) in [6, 6.07) is 7.90. The molecule has 2 fully saturated rings. The lowest BCUT2D eigenvalue weighted by Crippen LogP contribution is -2.45. The zero-order valence-electron chi connectivity index (χ0n) is 20.4. The first-order chi connectivity index (χ1) is 16.8. The first-order valence-electron chi connectivity index (χ1n) is 12.1. The number of carbonyl (C=O) groups is 1. The molecule has 3 heterocycles. The number of nitrogens with one attached hydrogen (secondary N) is 1. The van der Waals surface area contributed by atoms with Crippen molar-refractivity contribution in [3.05, 3.63) is 46.8 Å². The number of ether oxygens (including phenoxy) is 1. The Balaban J connectivity index is 1.34. The predicted octanol–water partition coefficient (Wildman–Crippen LogP) is 2.31. The molecule has 9 nitrogen and oxygen atoms in total. The Morgan fingerprint density at radius 1 is 1.09 bits per heavy atom. The average molecular weight is 503 g/mol. The Bertz CT molecular complexity index is 1130. The number of hydrogen-bond donors (Lipinski definition) is 1. The van der Waals surface area contributed by atoms with E-state index in [9.17, 15) is 13.2 Å². The van der Waals surface area contributed by atoms with Crippen molar-refractivity contribution in [1.29, 1.82) is 0 Å². The van der Waals surface area contributed by atoms with Gasteiger partial charge in [-0.1, -0.05) is 41.1 Å². The number of sulfonamides is 1. The molecule has 1 amide bonds. The van der Waals surface area contributed by atoms with Gasteiger partial charge >= 0.3 is 0 Å². The second kappa shape index (κ2) is 11.5. The van der Waals surface area contributed by atoms with E-state index in [2.05, 4.69) is 15.4 Å². The molecule has 1 N–H and O–H groups in total. The molecule has 0 unspecified atom stereocenters. The molecule has 0 atom stereocenters. The van der Waals surface area contributed by atoms with Crippen molar-refractivity contribution >= 4 is 28.1 Å². The highest BCUT2D eigenvalue weighted by Gasteiger charge is 2.35. The minimum Gasteiger partial charge on any atom is -0.379 e. The molecule has 2 aromatic rings. The van der Waals surface area contributed by atoms with Crippen molar-refractivity contribution in [2.75, 3.05) is 52.5 Å². The highest BCUT2D eigenvalue weighted by atomic mass is 32.2. The van der Waals surface area contributed by atoms with Gasteiger partial charge in [0.1, 0.15) is 5.69 Å². The molecule has 1 aromatic heterocycles. The monoisotopic (exact) mass is 502 g/mol. The van der Waals surface area contributed by atoms with E-state index in [1.165, 1.54) is 4.31 Å². The number of benzene rings is 1. The first-order valence-corrected chi connectivity index (χ1v) is 13.6. The first kappa shape index (κ1) is 25.6. The molecular formula is C25H34N4O5S. The maximum Gasteiger partial charge on any atom is 0.248 e. The summed E-state index contributed by atoms with van der Waals surface area (Å²) in [4.78, 5) is 15.0. The molecule has 0 aliphatic carbocycles. The summed E-state index contributed by atoms with van der Waals surface area (Å²) in [5.74, 6) is 0.0276. The largest absolute Gasteiger partial charge is 0.379 e. The zero-order valence-corrected chi connectivity index (χ0v) is 21.2. The standard InChI is InChI=1S/C25H34N4O5S/c1-19-3-5-21(6-4-19)7-8-23-24(20(2)27-34-23)35(31,32)29-12-9-22(10-13-29)25(30)26-11-14-28-15-17-33-18-16-28/h3-8,22H,9-18H2,1-2H3,(H,26,30). The van der Waals surface area contributed by atoms with E-state index >= 15 is 0 Å². The van der Waals surface area contributed by atoms with E-state index < -0.39 is 10.0 Å². The Morgan fingerprint density at radius 3 is 2.46 bits per heavy atom. The van der Waals surface area contributed by atoms with Gasteiger partial charge in [-0.2, -0.15) is 4.31 Å². The van der Waals surface area contributed by atoms with Gasteiger partial charge in [0, 0.05) is 45.2 Å². The number of aryl methyl sites for hydroxylation is 2. The third-order valence-electron chi connectivity index (χ3n) is 6.59. The van der Waals surface area contributed by atoms with Crippen molar-refractivity contribution in [2.45, 2.75) is 31.6 Å². The number of hydrogen-bond acceptors (Lipinski definition) is 7. The quantitative estimate of drug-likeness (QED) is 0.591. The van der Waals surface area contributed by atoms with Crippen LogP contribution in [0.4, 0.5) is 0 Å². The summed E-state index contributed by atoms with van der Waals surface area (Å²) in [5.41, 5.74) is 2.42. The van der Waals surface area contributed by atoms with Crippen molar-refractivity contribution in [3.63, 3.8) is 0 Å². The molecule has 10 heteroatoms. The highest BCUT2D eigenvalue weighted by Crippen LogP contribution is 2.29. The number of piperidine rings is 1. The SMILES string of the molecule is Cc1ccc(C=Cc2onc(C)c2S(=O)(=O)N2CCC(C(=O)NCCN3CCOCC3)CC2)cc1. The van der Waals surface area contributed by atoms with Crippen LogP contribution < -0.4 is 5.32 Å². The van der Waals surface area contributed by atoms with Crippen LogP contribution in [0.5, 0.6) is 0 Å². The van der Waals surface area contributed by atoms with Gasteiger partial charge in [0.2, 0.25) is 15.9 Å². The summed E-state index contributed by atoms with van der Waals surface area (Å²) in [7, 11) is -3.80. The number of morpholine rings is 1. The lowest BCUT2D eigenvalue weighted by Gasteiger charge is -2.31. The third kappa shape index (κ3) is 6.38. The Morgan fingerprint density at radius 2 is 1.77 bits per heavy atom. The van der Waals surface area contributed by atoms with E-state index in [0.29, 0.717) is 25.1 Å². The molecule has 0 radical (unpaired) electrons. The number of amides is 1. The lowest BCUT2D eigenvalue weighted by molar-refractivity contribution is -0.126.